The zero-order valence-corrected chi connectivity index (χ0v) is 12.5. The molecule has 1 aliphatic carbocycles. The Hall–Kier alpha value is -0.300. The Labute approximate surface area is 114 Å². The Morgan fingerprint density at radius 1 is 1.35 bits per heavy atom. The highest BCUT2D eigenvalue weighted by atomic mass is 79.9. The molecular formula is C16H23Br. The van der Waals surface area contributed by atoms with E-state index in [0.29, 0.717) is 4.83 Å². The summed E-state index contributed by atoms with van der Waals surface area (Å²) in [5.41, 5.74) is 3.08. The quantitative estimate of drug-likeness (QED) is 0.642. The second kappa shape index (κ2) is 6.04. The van der Waals surface area contributed by atoms with Gasteiger partial charge in [0.25, 0.3) is 0 Å². The van der Waals surface area contributed by atoms with Crippen LogP contribution in [0.3, 0.4) is 0 Å². The first-order valence-corrected chi connectivity index (χ1v) is 7.85. The van der Waals surface area contributed by atoms with Crippen LogP contribution in [0.15, 0.2) is 24.3 Å². The lowest BCUT2D eigenvalue weighted by molar-refractivity contribution is 0.339. The SMILES string of the molecule is CCCC(C)CC1CCc2ccccc2C1Br. The van der Waals surface area contributed by atoms with Gasteiger partial charge in [-0.3, -0.25) is 0 Å². The van der Waals surface area contributed by atoms with Crippen LogP contribution in [0, 0.1) is 11.8 Å². The fourth-order valence-electron chi connectivity index (χ4n) is 3.14. The first-order chi connectivity index (χ1) is 8.22. The maximum absolute atomic E-state index is 3.93. The van der Waals surface area contributed by atoms with Gasteiger partial charge in [0.15, 0.2) is 0 Å². The Morgan fingerprint density at radius 3 is 2.88 bits per heavy atom. The van der Waals surface area contributed by atoms with Crippen molar-refractivity contribution < 1.29 is 0 Å². The normalized spacial score (nSPS) is 25.4. The average Bonchev–Trinajstić information content (AvgIpc) is 2.33. The second-order valence-corrected chi connectivity index (χ2v) is 6.52. The molecule has 0 bridgehead atoms. The van der Waals surface area contributed by atoms with Crippen LogP contribution < -0.4 is 0 Å². The van der Waals surface area contributed by atoms with Gasteiger partial charge < -0.3 is 0 Å². The van der Waals surface area contributed by atoms with Crippen LogP contribution in [0.2, 0.25) is 0 Å². The van der Waals surface area contributed by atoms with Gasteiger partial charge in [-0.2, -0.15) is 0 Å². The van der Waals surface area contributed by atoms with Crippen LogP contribution in [-0.2, 0) is 6.42 Å². The molecular weight excluding hydrogens is 272 g/mol. The van der Waals surface area contributed by atoms with Crippen molar-refractivity contribution in [2.45, 2.75) is 50.8 Å². The molecule has 3 atom stereocenters. The van der Waals surface area contributed by atoms with Crippen LogP contribution in [0.1, 0.15) is 55.5 Å². The molecule has 0 nitrogen and oxygen atoms in total. The minimum atomic E-state index is 0.576. The fraction of sp³-hybridized carbons (Fsp3) is 0.625. The van der Waals surface area contributed by atoms with Crippen molar-refractivity contribution in [1.29, 1.82) is 0 Å². The molecule has 17 heavy (non-hydrogen) atoms. The number of hydrogen-bond donors (Lipinski definition) is 0. The minimum absolute atomic E-state index is 0.576. The first kappa shape index (κ1) is 13.1. The third kappa shape index (κ3) is 3.13. The Morgan fingerprint density at radius 2 is 2.12 bits per heavy atom. The molecule has 0 aliphatic heterocycles. The molecule has 0 spiro atoms. The first-order valence-electron chi connectivity index (χ1n) is 6.94. The lowest BCUT2D eigenvalue weighted by atomic mass is 9.79. The van der Waals surface area contributed by atoms with E-state index in [9.17, 15) is 0 Å². The minimum Gasteiger partial charge on any atom is -0.0836 e. The van der Waals surface area contributed by atoms with Crippen molar-refractivity contribution in [3.63, 3.8) is 0 Å². The largest absolute Gasteiger partial charge is 0.0836 e. The summed E-state index contributed by atoms with van der Waals surface area (Å²) >= 11 is 3.93. The summed E-state index contributed by atoms with van der Waals surface area (Å²) in [6.45, 7) is 4.70. The van der Waals surface area contributed by atoms with Gasteiger partial charge in [-0.1, -0.05) is 66.9 Å². The summed E-state index contributed by atoms with van der Waals surface area (Å²) in [4.78, 5) is 0.576. The van der Waals surface area contributed by atoms with E-state index in [2.05, 4.69) is 54.0 Å². The zero-order chi connectivity index (χ0) is 12.3. The van der Waals surface area contributed by atoms with Crippen molar-refractivity contribution in [3.8, 4) is 0 Å². The molecule has 0 saturated heterocycles. The maximum atomic E-state index is 3.93. The molecule has 0 saturated carbocycles. The lowest BCUT2D eigenvalue weighted by Crippen LogP contribution is -2.19. The smallest absolute Gasteiger partial charge is 0.0426 e. The maximum Gasteiger partial charge on any atom is 0.0426 e. The van der Waals surface area contributed by atoms with E-state index in [1.54, 1.807) is 5.56 Å². The summed E-state index contributed by atoms with van der Waals surface area (Å²) in [5.74, 6) is 1.70. The predicted molar refractivity (Wildman–Crippen MR) is 78.6 cm³/mol. The van der Waals surface area contributed by atoms with E-state index in [-0.39, 0.29) is 0 Å². The fourth-order valence-corrected chi connectivity index (χ4v) is 4.06. The van der Waals surface area contributed by atoms with Gasteiger partial charge in [0.1, 0.15) is 0 Å². The van der Waals surface area contributed by atoms with E-state index in [1.165, 1.54) is 37.7 Å². The lowest BCUT2D eigenvalue weighted by Gasteiger charge is -2.31. The van der Waals surface area contributed by atoms with E-state index in [1.807, 2.05) is 0 Å². The third-order valence-electron chi connectivity index (χ3n) is 4.04. The summed E-state index contributed by atoms with van der Waals surface area (Å²) < 4.78 is 0. The van der Waals surface area contributed by atoms with Gasteiger partial charge in [-0.15, -0.1) is 0 Å². The zero-order valence-electron chi connectivity index (χ0n) is 11.0. The van der Waals surface area contributed by atoms with E-state index < -0.39 is 0 Å². The topological polar surface area (TPSA) is 0 Å². The van der Waals surface area contributed by atoms with Gasteiger partial charge in [0.2, 0.25) is 0 Å². The summed E-state index contributed by atoms with van der Waals surface area (Å²) in [6, 6.07) is 8.92. The van der Waals surface area contributed by atoms with Gasteiger partial charge in [-0.25, -0.2) is 0 Å². The van der Waals surface area contributed by atoms with Crippen molar-refractivity contribution in [2.75, 3.05) is 0 Å². The number of hydrogen-bond acceptors (Lipinski definition) is 0. The molecule has 0 heterocycles. The number of aryl methyl sites for hydroxylation is 1. The van der Waals surface area contributed by atoms with E-state index in [4.69, 9.17) is 0 Å². The van der Waals surface area contributed by atoms with Gasteiger partial charge in [-0.05, 0) is 42.2 Å². The second-order valence-electron chi connectivity index (χ2n) is 5.53. The molecule has 0 aromatic heterocycles. The molecule has 1 aromatic carbocycles. The van der Waals surface area contributed by atoms with Crippen LogP contribution in [-0.4, -0.2) is 0 Å². The third-order valence-corrected chi connectivity index (χ3v) is 5.28. The number of fused-ring (bicyclic) bond motifs is 1. The standard InChI is InChI=1S/C16H23Br/c1-3-6-12(2)11-14-10-9-13-7-4-5-8-15(13)16(14)17/h4-5,7-8,12,14,16H,3,6,9-11H2,1-2H3. The Bertz CT molecular complexity index is 358. The molecule has 3 unspecified atom stereocenters. The molecule has 0 amide bonds. The highest BCUT2D eigenvalue weighted by molar-refractivity contribution is 9.09. The van der Waals surface area contributed by atoms with Gasteiger partial charge >= 0.3 is 0 Å². The van der Waals surface area contributed by atoms with Gasteiger partial charge in [0, 0.05) is 4.83 Å². The molecule has 94 valence electrons. The van der Waals surface area contributed by atoms with Crippen molar-refractivity contribution in [1.82, 2.24) is 0 Å². The van der Waals surface area contributed by atoms with E-state index >= 15 is 0 Å². The summed E-state index contributed by atoms with van der Waals surface area (Å²) in [7, 11) is 0. The molecule has 0 fully saturated rings. The van der Waals surface area contributed by atoms with Crippen molar-refractivity contribution in [2.24, 2.45) is 11.8 Å². The highest BCUT2D eigenvalue weighted by Gasteiger charge is 2.27. The molecule has 1 aromatic rings. The predicted octanol–water partition coefficient (Wildman–Crippen LogP) is 5.51. The number of halogens is 1. The van der Waals surface area contributed by atoms with Crippen LogP contribution >= 0.6 is 15.9 Å². The van der Waals surface area contributed by atoms with Crippen LogP contribution in [0.4, 0.5) is 0 Å². The van der Waals surface area contributed by atoms with Crippen molar-refractivity contribution in [3.05, 3.63) is 35.4 Å². The molecule has 1 aliphatic rings. The van der Waals surface area contributed by atoms with Crippen molar-refractivity contribution >= 4 is 15.9 Å². The number of alkyl halides is 1. The highest BCUT2D eigenvalue weighted by Crippen LogP contribution is 2.43. The van der Waals surface area contributed by atoms with Gasteiger partial charge in [0.05, 0.1) is 0 Å². The van der Waals surface area contributed by atoms with Crippen LogP contribution in [0.5, 0.6) is 0 Å². The Balaban J connectivity index is 2.04. The molecule has 0 N–H and O–H groups in total. The molecule has 0 radical (unpaired) electrons. The molecule has 2 rings (SSSR count). The summed E-state index contributed by atoms with van der Waals surface area (Å²) in [6.07, 6.45) is 6.68. The average molecular weight is 295 g/mol. The summed E-state index contributed by atoms with van der Waals surface area (Å²) in [5, 5.41) is 0. The number of benzene rings is 1. The Kier molecular flexibility index (Phi) is 4.67. The van der Waals surface area contributed by atoms with Crippen LogP contribution in [0.25, 0.3) is 0 Å². The number of rotatable bonds is 4. The van der Waals surface area contributed by atoms with E-state index in [0.717, 1.165) is 11.8 Å². The monoisotopic (exact) mass is 294 g/mol. The molecule has 1 heteroatoms.